The summed E-state index contributed by atoms with van der Waals surface area (Å²) < 4.78 is 18.4. The summed E-state index contributed by atoms with van der Waals surface area (Å²) in [5.74, 6) is 0.369. The van der Waals surface area contributed by atoms with Crippen molar-refractivity contribution in [2.45, 2.75) is 91.3 Å². The minimum atomic E-state index is -0.520. The predicted molar refractivity (Wildman–Crippen MR) is 199 cm³/mol. The van der Waals surface area contributed by atoms with Gasteiger partial charge in [0.1, 0.15) is 12.2 Å². The van der Waals surface area contributed by atoms with Gasteiger partial charge in [-0.15, -0.1) is 0 Å². The van der Waals surface area contributed by atoms with E-state index in [9.17, 15) is 14.4 Å². The summed E-state index contributed by atoms with van der Waals surface area (Å²) in [7, 11) is 1.53. The zero-order valence-corrected chi connectivity index (χ0v) is 30.9. The Labute approximate surface area is 303 Å². The lowest BCUT2D eigenvalue weighted by molar-refractivity contribution is -0.235. The molecular weight excluding hydrogens is 636 g/mol. The van der Waals surface area contributed by atoms with E-state index in [1.165, 1.54) is 12.7 Å². The monoisotopic (exact) mass is 690 g/mol. The largest absolute Gasteiger partial charge is 0.469 e. The van der Waals surface area contributed by atoms with E-state index in [-0.39, 0.29) is 64.6 Å². The third kappa shape index (κ3) is 6.21. The van der Waals surface area contributed by atoms with Crippen LogP contribution in [0, 0.1) is 51.8 Å². The molecule has 0 aromatic heterocycles. The summed E-state index contributed by atoms with van der Waals surface area (Å²) in [6, 6.07) is 19.6. The summed E-state index contributed by atoms with van der Waals surface area (Å²) >= 11 is 0. The van der Waals surface area contributed by atoms with Crippen LogP contribution in [0.4, 0.5) is 0 Å². The Morgan fingerprint density at radius 2 is 1.35 bits per heavy atom. The standard InChI is InChI=1S/C45H54O6/c1-29(2)33-28-45-26-23-36-43(3,24-12-25-44(36,4)42(48)49-5)37(45)27-32(33)40-34(50-38(46)21-17-30-13-8-6-9-14-30)19-20-35(41(40)45)51-39(47)22-18-31-15-10-7-11-16-31/h6-11,13-18,21-22,28-29,32,34-37,40-41H,12,19-20,23-27H2,1-5H3/b21-17+,22-18+/t32-,34-,35-,36+,37+,40-,41+,43-,44+,45-/m0/s1. The van der Waals surface area contributed by atoms with Crippen LogP contribution >= 0.6 is 0 Å². The Bertz CT molecular complexity index is 1710. The molecule has 6 heteroatoms. The van der Waals surface area contributed by atoms with Crippen LogP contribution in [0.3, 0.4) is 0 Å². The molecular formula is C45H54O6. The van der Waals surface area contributed by atoms with Crippen LogP contribution < -0.4 is 0 Å². The van der Waals surface area contributed by atoms with Crippen molar-refractivity contribution in [3.63, 3.8) is 0 Å². The average molecular weight is 691 g/mol. The maximum atomic E-state index is 13.6. The molecule has 0 radical (unpaired) electrons. The minimum absolute atomic E-state index is 0.00608. The average Bonchev–Trinajstić information content (AvgIpc) is 3.14. The molecule has 6 nitrogen and oxygen atoms in total. The summed E-state index contributed by atoms with van der Waals surface area (Å²) in [4.78, 5) is 40.5. The third-order valence-electron chi connectivity index (χ3n) is 14.0. The molecule has 2 aromatic rings. The lowest BCUT2D eigenvalue weighted by Gasteiger charge is -2.71. The van der Waals surface area contributed by atoms with Crippen molar-refractivity contribution >= 4 is 30.1 Å². The van der Waals surface area contributed by atoms with Gasteiger partial charge < -0.3 is 14.2 Å². The van der Waals surface area contributed by atoms with Crippen molar-refractivity contribution < 1.29 is 28.6 Å². The van der Waals surface area contributed by atoms with Gasteiger partial charge in [0.05, 0.1) is 12.5 Å². The minimum Gasteiger partial charge on any atom is -0.469 e. The van der Waals surface area contributed by atoms with Gasteiger partial charge in [-0.05, 0) is 110 Å². The van der Waals surface area contributed by atoms with Crippen molar-refractivity contribution in [2.75, 3.05) is 7.11 Å². The molecule has 2 bridgehead atoms. The molecule has 0 aliphatic heterocycles. The zero-order chi connectivity index (χ0) is 36.0. The highest BCUT2D eigenvalue weighted by atomic mass is 16.6. The molecule has 2 aromatic carbocycles. The number of hydrogen-bond acceptors (Lipinski definition) is 6. The number of fused-ring (bicyclic) bond motifs is 1. The van der Waals surface area contributed by atoms with Crippen molar-refractivity contribution in [2.24, 2.45) is 51.8 Å². The van der Waals surface area contributed by atoms with Crippen LogP contribution in [0.25, 0.3) is 12.2 Å². The van der Waals surface area contributed by atoms with Crippen molar-refractivity contribution in [3.05, 3.63) is 95.6 Å². The highest BCUT2D eigenvalue weighted by Gasteiger charge is 2.71. The molecule has 4 fully saturated rings. The van der Waals surface area contributed by atoms with Crippen molar-refractivity contribution in [1.82, 2.24) is 0 Å². The van der Waals surface area contributed by atoms with Gasteiger partial charge in [-0.2, -0.15) is 0 Å². The molecule has 6 aliphatic rings. The number of carbonyl (C=O) groups excluding carboxylic acids is 3. The van der Waals surface area contributed by atoms with Gasteiger partial charge in [0.25, 0.3) is 0 Å². The Morgan fingerprint density at radius 1 is 0.765 bits per heavy atom. The number of benzene rings is 2. The number of rotatable bonds is 8. The van der Waals surface area contributed by atoms with Gasteiger partial charge in [-0.3, -0.25) is 4.79 Å². The van der Waals surface area contributed by atoms with E-state index in [1.54, 1.807) is 12.2 Å². The zero-order valence-electron chi connectivity index (χ0n) is 30.9. The number of hydrogen-bond donors (Lipinski definition) is 0. The van der Waals surface area contributed by atoms with E-state index in [1.807, 2.05) is 72.8 Å². The molecule has 1 spiro atoms. The van der Waals surface area contributed by atoms with Gasteiger partial charge in [0.2, 0.25) is 0 Å². The topological polar surface area (TPSA) is 78.9 Å². The fourth-order valence-corrected chi connectivity index (χ4v) is 12.1. The normalized spacial score (nSPS) is 36.9. The maximum Gasteiger partial charge on any atom is 0.331 e. The van der Waals surface area contributed by atoms with Gasteiger partial charge in [-0.25, -0.2) is 9.59 Å². The second-order valence-corrected chi connectivity index (χ2v) is 16.8. The first kappa shape index (κ1) is 35.5. The quantitative estimate of drug-likeness (QED) is 0.119. The van der Waals surface area contributed by atoms with Gasteiger partial charge in [0.15, 0.2) is 0 Å². The molecule has 270 valence electrons. The van der Waals surface area contributed by atoms with E-state index >= 15 is 0 Å². The van der Waals surface area contributed by atoms with E-state index in [0.29, 0.717) is 24.7 Å². The number of esters is 3. The highest BCUT2D eigenvalue weighted by molar-refractivity contribution is 5.88. The molecule has 10 atom stereocenters. The first-order valence-electron chi connectivity index (χ1n) is 19.2. The Morgan fingerprint density at radius 3 is 1.94 bits per heavy atom. The molecule has 4 saturated carbocycles. The van der Waals surface area contributed by atoms with Gasteiger partial charge in [0, 0.05) is 24.0 Å². The summed E-state index contributed by atoms with van der Waals surface area (Å²) in [5.41, 5.74) is 2.52. The van der Waals surface area contributed by atoms with Crippen molar-refractivity contribution in [3.8, 4) is 0 Å². The first-order valence-corrected chi connectivity index (χ1v) is 19.2. The number of carbonyl (C=O) groups is 3. The van der Waals surface area contributed by atoms with Gasteiger partial charge in [-0.1, -0.05) is 99.5 Å². The Balaban J connectivity index is 1.26. The molecule has 0 unspecified atom stereocenters. The predicted octanol–water partition coefficient (Wildman–Crippen LogP) is 9.26. The summed E-state index contributed by atoms with van der Waals surface area (Å²) in [6.07, 6.45) is 15.8. The molecule has 0 N–H and O–H groups in total. The van der Waals surface area contributed by atoms with E-state index in [2.05, 4.69) is 33.8 Å². The Kier molecular flexibility index (Phi) is 9.66. The van der Waals surface area contributed by atoms with Crippen LogP contribution in [-0.2, 0) is 28.6 Å². The van der Waals surface area contributed by atoms with E-state index < -0.39 is 5.41 Å². The Hall–Kier alpha value is -3.93. The maximum absolute atomic E-state index is 13.6. The van der Waals surface area contributed by atoms with Crippen LogP contribution in [0.1, 0.15) is 90.2 Å². The van der Waals surface area contributed by atoms with Gasteiger partial charge >= 0.3 is 17.9 Å². The summed E-state index contributed by atoms with van der Waals surface area (Å²) in [6.45, 7) is 9.16. The molecule has 0 saturated heterocycles. The fourth-order valence-electron chi connectivity index (χ4n) is 12.1. The SMILES string of the molecule is COC(=O)[C@]1(C)CCC[C@]2(C)[C@H]3C[C@H]4C(C(C)C)=C[C@]3(CC[C@H]21)[C@H]1[C@@H]4[C@@H](OC(=O)/C=C/c2ccccc2)CC[C@@H]1OC(=O)/C=C/c1ccccc1. The first-order chi connectivity index (χ1) is 24.5. The number of allylic oxidation sites excluding steroid dienone is 2. The molecule has 51 heavy (non-hydrogen) atoms. The third-order valence-corrected chi connectivity index (χ3v) is 14.0. The summed E-state index contributed by atoms with van der Waals surface area (Å²) in [5, 5.41) is 0. The molecule has 6 aliphatic carbocycles. The second-order valence-electron chi connectivity index (χ2n) is 16.8. The number of methoxy groups -OCH3 is 1. The smallest absolute Gasteiger partial charge is 0.331 e. The van der Waals surface area contributed by atoms with Crippen LogP contribution in [0.15, 0.2) is 84.5 Å². The second kappa shape index (κ2) is 13.9. The van der Waals surface area contributed by atoms with Crippen LogP contribution in [0.5, 0.6) is 0 Å². The molecule has 8 rings (SSSR count). The van der Waals surface area contributed by atoms with Crippen LogP contribution in [-0.4, -0.2) is 37.2 Å². The van der Waals surface area contributed by atoms with Crippen LogP contribution in [0.2, 0.25) is 0 Å². The number of ether oxygens (including phenoxy) is 3. The van der Waals surface area contributed by atoms with E-state index in [4.69, 9.17) is 14.2 Å². The lowest BCUT2D eigenvalue weighted by atomic mass is 9.33. The van der Waals surface area contributed by atoms with Crippen molar-refractivity contribution in [1.29, 1.82) is 0 Å². The lowest BCUT2D eigenvalue weighted by Crippen LogP contribution is -2.68. The molecule has 0 amide bonds. The van der Waals surface area contributed by atoms with E-state index in [0.717, 1.165) is 49.7 Å². The fraction of sp³-hybridized carbons (Fsp3) is 0.533. The molecule has 0 heterocycles. The highest BCUT2D eigenvalue weighted by Crippen LogP contribution is 2.75.